The lowest BCUT2D eigenvalue weighted by atomic mass is 10.1. The van der Waals surface area contributed by atoms with Crippen LogP contribution in [0.5, 0.6) is 0 Å². The van der Waals surface area contributed by atoms with E-state index in [-0.39, 0.29) is 5.91 Å². The molecule has 34 heavy (non-hydrogen) atoms. The molecule has 1 aliphatic rings. The molecule has 176 valence electrons. The number of halogens is 4. The van der Waals surface area contributed by atoms with Crippen LogP contribution in [0, 0.1) is 0 Å². The minimum atomic E-state index is -0.736. The molecule has 0 aromatic heterocycles. The molecule has 1 aliphatic heterocycles. The highest BCUT2D eigenvalue weighted by atomic mass is 35.5. The monoisotopic (exact) mass is 536 g/mol. The highest BCUT2D eigenvalue weighted by molar-refractivity contribution is 6.37. The van der Waals surface area contributed by atoms with Crippen molar-refractivity contribution in [1.29, 1.82) is 0 Å². The Bertz CT molecular complexity index is 1270. The van der Waals surface area contributed by atoms with Crippen molar-refractivity contribution in [2.75, 3.05) is 10.6 Å². The fourth-order valence-electron chi connectivity index (χ4n) is 3.75. The zero-order valence-electron chi connectivity index (χ0n) is 17.7. The third kappa shape index (κ3) is 5.77. The molecule has 0 spiro atoms. The van der Waals surface area contributed by atoms with Gasteiger partial charge in [-0.15, -0.1) is 0 Å². The number of hydrogen-bond acceptors (Lipinski definition) is 3. The van der Waals surface area contributed by atoms with Crippen molar-refractivity contribution in [1.82, 2.24) is 4.90 Å². The zero-order chi connectivity index (χ0) is 24.4. The molecule has 1 atom stereocenters. The second-order valence-corrected chi connectivity index (χ2v) is 9.61. The first-order valence-electron chi connectivity index (χ1n) is 10.3. The number of carbonyl (C=O) groups excluding carboxylic acids is 2. The van der Waals surface area contributed by atoms with Gasteiger partial charge in [-0.05, 0) is 65.6 Å². The average Bonchev–Trinajstić information content (AvgIpc) is 3.20. The van der Waals surface area contributed by atoms with Crippen LogP contribution in [0.3, 0.4) is 0 Å². The Hall–Kier alpha value is -2.48. The summed E-state index contributed by atoms with van der Waals surface area (Å²) in [5.41, 5.74) is 9.93. The van der Waals surface area contributed by atoms with Crippen LogP contribution in [0.25, 0.3) is 0 Å². The third-order valence-electron chi connectivity index (χ3n) is 5.45. The molecule has 4 N–H and O–H groups in total. The van der Waals surface area contributed by atoms with Gasteiger partial charge in [0.25, 0.3) is 0 Å². The second kappa shape index (κ2) is 10.4. The number of anilines is 2. The van der Waals surface area contributed by atoms with Crippen molar-refractivity contribution in [3.05, 3.63) is 91.4 Å². The number of amides is 3. The van der Waals surface area contributed by atoms with Crippen molar-refractivity contribution in [3.63, 3.8) is 0 Å². The fourth-order valence-corrected chi connectivity index (χ4v) is 4.69. The lowest BCUT2D eigenvalue weighted by molar-refractivity contribution is -0.133. The zero-order valence-corrected chi connectivity index (χ0v) is 20.8. The minimum Gasteiger partial charge on any atom is -0.333 e. The van der Waals surface area contributed by atoms with Gasteiger partial charge in [0, 0.05) is 33.8 Å². The van der Waals surface area contributed by atoms with Crippen LogP contribution in [0.15, 0.2) is 54.6 Å². The summed E-state index contributed by atoms with van der Waals surface area (Å²) in [7, 11) is 0. The van der Waals surface area contributed by atoms with E-state index in [1.165, 1.54) is 0 Å². The van der Waals surface area contributed by atoms with E-state index >= 15 is 0 Å². The molecule has 3 amide bonds. The first-order valence-corrected chi connectivity index (χ1v) is 11.8. The van der Waals surface area contributed by atoms with Gasteiger partial charge >= 0.3 is 6.03 Å². The van der Waals surface area contributed by atoms with E-state index in [2.05, 4.69) is 10.6 Å². The summed E-state index contributed by atoms with van der Waals surface area (Å²) in [6.45, 7) is 0.847. The number of urea groups is 1. The van der Waals surface area contributed by atoms with E-state index in [9.17, 15) is 9.59 Å². The highest BCUT2D eigenvalue weighted by Gasteiger charge is 2.28. The fraction of sp³-hybridized carbons (Fsp3) is 0.167. The molecule has 4 rings (SSSR count). The Labute approximate surface area is 216 Å². The number of rotatable bonds is 5. The van der Waals surface area contributed by atoms with Gasteiger partial charge in [0.15, 0.2) is 0 Å². The molecule has 0 saturated carbocycles. The lowest BCUT2D eigenvalue weighted by Gasteiger charge is -2.20. The first kappa shape index (κ1) is 24.6. The van der Waals surface area contributed by atoms with Crippen LogP contribution >= 0.6 is 46.4 Å². The van der Waals surface area contributed by atoms with Crippen molar-refractivity contribution in [3.8, 4) is 0 Å². The van der Waals surface area contributed by atoms with Gasteiger partial charge in [0.1, 0.15) is 0 Å². The van der Waals surface area contributed by atoms with E-state index < -0.39 is 12.1 Å². The summed E-state index contributed by atoms with van der Waals surface area (Å²) in [4.78, 5) is 27.0. The average molecular weight is 538 g/mol. The highest BCUT2D eigenvalue weighted by Crippen LogP contribution is 2.28. The number of carbonyl (C=O) groups is 2. The van der Waals surface area contributed by atoms with Crippen molar-refractivity contribution < 1.29 is 9.59 Å². The van der Waals surface area contributed by atoms with Gasteiger partial charge in [-0.1, -0.05) is 58.5 Å². The van der Waals surface area contributed by atoms with Crippen LogP contribution in [0.1, 0.15) is 16.7 Å². The normalized spacial score (nSPS) is 13.4. The number of nitrogens with zero attached hydrogens (tertiary/aromatic N) is 1. The van der Waals surface area contributed by atoms with Crippen LogP contribution < -0.4 is 16.4 Å². The molecular formula is C24H20Cl4N4O2. The summed E-state index contributed by atoms with van der Waals surface area (Å²) >= 11 is 24.1. The van der Waals surface area contributed by atoms with Gasteiger partial charge in [-0.25, -0.2) is 4.79 Å². The Kier molecular flexibility index (Phi) is 7.55. The second-order valence-electron chi connectivity index (χ2n) is 7.93. The topological polar surface area (TPSA) is 87.5 Å². The van der Waals surface area contributed by atoms with Crippen molar-refractivity contribution in [2.24, 2.45) is 5.73 Å². The number of benzene rings is 3. The first-order chi connectivity index (χ1) is 16.2. The molecule has 0 unspecified atom stereocenters. The SMILES string of the molecule is N[C@H](Cc1ccc(Cl)cc1Cl)C(=O)N1Cc2ccc(NC(=O)Nc3ccc(Cl)cc3Cl)cc2C1. The Morgan fingerprint density at radius 1 is 0.853 bits per heavy atom. The summed E-state index contributed by atoms with van der Waals surface area (Å²) in [5, 5.41) is 7.28. The largest absolute Gasteiger partial charge is 0.333 e. The number of nitrogens with one attached hydrogen (secondary N) is 2. The molecule has 0 fully saturated rings. The van der Waals surface area contributed by atoms with Crippen LogP contribution in [-0.2, 0) is 24.3 Å². The molecule has 0 saturated heterocycles. The van der Waals surface area contributed by atoms with Gasteiger partial charge in [0.2, 0.25) is 5.91 Å². The quantitative estimate of drug-likeness (QED) is 0.354. The lowest BCUT2D eigenvalue weighted by Crippen LogP contribution is -2.42. The number of hydrogen-bond donors (Lipinski definition) is 3. The molecule has 0 aliphatic carbocycles. The number of nitrogens with two attached hydrogens (primary N) is 1. The standard InChI is InChI=1S/C24H20Cl4N4O2/c25-16-3-1-13(19(27)9-16)8-21(29)23(33)32-11-14-2-5-18(7-15(14)12-32)30-24(34)31-22-6-4-17(26)10-20(22)28/h1-7,9-10,21H,8,11-12,29H2,(H2,30,31,34)/t21-/m1/s1. The van der Waals surface area contributed by atoms with Gasteiger partial charge in [-0.2, -0.15) is 0 Å². The van der Waals surface area contributed by atoms with Crippen LogP contribution in [0.2, 0.25) is 20.1 Å². The predicted molar refractivity (Wildman–Crippen MR) is 138 cm³/mol. The molecule has 1 heterocycles. The smallest absolute Gasteiger partial charge is 0.323 e. The molecule has 3 aromatic rings. The third-order valence-corrected chi connectivity index (χ3v) is 6.58. The van der Waals surface area contributed by atoms with E-state index in [1.807, 2.05) is 12.1 Å². The minimum absolute atomic E-state index is 0.174. The van der Waals surface area contributed by atoms with E-state index in [1.54, 1.807) is 47.4 Å². The molecule has 0 radical (unpaired) electrons. The predicted octanol–water partition coefficient (Wildman–Crippen LogP) is 6.36. The Balaban J connectivity index is 1.37. The van der Waals surface area contributed by atoms with Crippen LogP contribution in [-0.4, -0.2) is 22.9 Å². The molecule has 3 aromatic carbocycles. The van der Waals surface area contributed by atoms with E-state index in [0.29, 0.717) is 51.0 Å². The van der Waals surface area contributed by atoms with Gasteiger partial charge in [0.05, 0.1) is 16.8 Å². The van der Waals surface area contributed by atoms with Crippen molar-refractivity contribution >= 4 is 69.7 Å². The molecule has 0 bridgehead atoms. The summed E-state index contributed by atoms with van der Waals surface area (Å²) < 4.78 is 0. The molecule has 6 nitrogen and oxygen atoms in total. The van der Waals surface area contributed by atoms with Crippen molar-refractivity contribution in [2.45, 2.75) is 25.6 Å². The summed E-state index contributed by atoms with van der Waals surface area (Å²) in [5.74, 6) is -0.174. The summed E-state index contributed by atoms with van der Waals surface area (Å²) in [6, 6.07) is 14.3. The maximum atomic E-state index is 12.9. The maximum Gasteiger partial charge on any atom is 0.323 e. The van der Waals surface area contributed by atoms with E-state index in [4.69, 9.17) is 52.1 Å². The van der Waals surface area contributed by atoms with Gasteiger partial charge < -0.3 is 21.3 Å². The Morgan fingerprint density at radius 3 is 2.24 bits per heavy atom. The number of fused-ring (bicyclic) bond motifs is 1. The molecule has 10 heteroatoms. The maximum absolute atomic E-state index is 12.9. The van der Waals surface area contributed by atoms with Crippen LogP contribution in [0.4, 0.5) is 16.2 Å². The van der Waals surface area contributed by atoms with E-state index in [0.717, 1.165) is 16.7 Å². The summed E-state index contributed by atoms with van der Waals surface area (Å²) in [6.07, 6.45) is 0.307. The van der Waals surface area contributed by atoms with Gasteiger partial charge in [-0.3, -0.25) is 4.79 Å². The molecular weight excluding hydrogens is 518 g/mol. The Morgan fingerprint density at radius 2 is 1.53 bits per heavy atom.